The van der Waals surface area contributed by atoms with E-state index in [4.69, 9.17) is 5.73 Å². The van der Waals surface area contributed by atoms with Gasteiger partial charge in [-0.3, -0.25) is 4.98 Å². The van der Waals surface area contributed by atoms with Gasteiger partial charge in [-0.1, -0.05) is 0 Å². The molecular formula is C11H17N3. The van der Waals surface area contributed by atoms with Gasteiger partial charge < -0.3 is 11.1 Å². The van der Waals surface area contributed by atoms with Gasteiger partial charge in [-0.15, -0.1) is 0 Å². The number of rotatable bonds is 3. The number of nitrogens with zero attached hydrogens (tertiary/aromatic N) is 1. The third-order valence-corrected chi connectivity index (χ3v) is 2.87. The van der Waals surface area contributed by atoms with Crippen LogP contribution in [0.3, 0.4) is 0 Å². The van der Waals surface area contributed by atoms with Crippen molar-refractivity contribution in [3.63, 3.8) is 0 Å². The van der Waals surface area contributed by atoms with Crippen molar-refractivity contribution in [1.29, 1.82) is 0 Å². The molecule has 0 bridgehead atoms. The quantitative estimate of drug-likeness (QED) is 0.755. The summed E-state index contributed by atoms with van der Waals surface area (Å²) >= 11 is 0. The van der Waals surface area contributed by atoms with E-state index in [1.165, 1.54) is 5.56 Å². The Morgan fingerprint density at radius 3 is 2.64 bits per heavy atom. The number of aromatic nitrogens is 1. The molecule has 0 spiro atoms. The molecule has 0 aromatic carbocycles. The number of hydrogen-bond acceptors (Lipinski definition) is 3. The number of nitrogens with one attached hydrogen (secondary N) is 1. The average molecular weight is 191 g/mol. The first-order chi connectivity index (χ1) is 6.75. The highest BCUT2D eigenvalue weighted by atomic mass is 15.0. The second-order valence-corrected chi connectivity index (χ2v) is 4.10. The Morgan fingerprint density at radius 2 is 2.07 bits per heavy atom. The molecule has 1 aliphatic rings. The molecule has 3 heteroatoms. The molecule has 0 unspecified atom stereocenters. The number of nitrogens with two attached hydrogens (primary N) is 1. The van der Waals surface area contributed by atoms with Crippen LogP contribution in [0.2, 0.25) is 0 Å². The fourth-order valence-corrected chi connectivity index (χ4v) is 1.90. The normalized spacial score (nSPS) is 28.1. The first-order valence-corrected chi connectivity index (χ1v) is 5.17. The lowest BCUT2D eigenvalue weighted by molar-refractivity contribution is 0.272. The maximum Gasteiger partial charge on any atom is 0.0295 e. The van der Waals surface area contributed by atoms with Gasteiger partial charge in [0.15, 0.2) is 0 Å². The van der Waals surface area contributed by atoms with E-state index in [1.54, 1.807) is 0 Å². The number of hydrogen-bond donors (Lipinski definition) is 2. The van der Waals surface area contributed by atoms with Crippen LogP contribution in [-0.2, 0) is 0 Å². The Labute approximate surface area is 84.7 Å². The van der Waals surface area contributed by atoms with Crippen LogP contribution in [0.5, 0.6) is 0 Å². The van der Waals surface area contributed by atoms with Crippen LogP contribution in [0.25, 0.3) is 0 Å². The van der Waals surface area contributed by atoms with Crippen molar-refractivity contribution in [2.45, 2.75) is 37.9 Å². The molecule has 14 heavy (non-hydrogen) atoms. The minimum atomic E-state index is 0.399. The molecule has 0 saturated heterocycles. The van der Waals surface area contributed by atoms with Crippen LogP contribution in [0.15, 0.2) is 24.5 Å². The van der Waals surface area contributed by atoms with E-state index in [-0.39, 0.29) is 0 Å². The molecule has 3 nitrogen and oxygen atoms in total. The molecule has 1 aromatic heterocycles. The smallest absolute Gasteiger partial charge is 0.0295 e. The first-order valence-electron chi connectivity index (χ1n) is 5.17. The second-order valence-electron chi connectivity index (χ2n) is 4.10. The van der Waals surface area contributed by atoms with E-state index >= 15 is 0 Å². The van der Waals surface area contributed by atoms with Gasteiger partial charge in [0.2, 0.25) is 0 Å². The average Bonchev–Trinajstić information content (AvgIpc) is 2.17. The summed E-state index contributed by atoms with van der Waals surface area (Å²) in [5, 5.41) is 3.56. The Morgan fingerprint density at radius 1 is 1.43 bits per heavy atom. The monoisotopic (exact) mass is 191 g/mol. The van der Waals surface area contributed by atoms with Crippen molar-refractivity contribution in [2.24, 2.45) is 5.73 Å². The summed E-state index contributed by atoms with van der Waals surface area (Å²) < 4.78 is 0. The van der Waals surface area contributed by atoms with Crippen LogP contribution in [-0.4, -0.2) is 17.1 Å². The minimum Gasteiger partial charge on any atom is -0.328 e. The lowest BCUT2D eigenvalue weighted by Gasteiger charge is -2.35. The first kappa shape index (κ1) is 9.62. The second kappa shape index (κ2) is 4.07. The highest BCUT2D eigenvalue weighted by Crippen LogP contribution is 2.21. The highest BCUT2D eigenvalue weighted by Gasteiger charge is 2.26. The molecule has 1 atom stereocenters. The van der Waals surface area contributed by atoms with Crippen LogP contribution in [0, 0.1) is 0 Å². The topological polar surface area (TPSA) is 50.9 Å². The van der Waals surface area contributed by atoms with Crippen LogP contribution in [0.1, 0.15) is 31.4 Å². The van der Waals surface area contributed by atoms with E-state index in [2.05, 4.69) is 29.4 Å². The van der Waals surface area contributed by atoms with Gasteiger partial charge in [0.25, 0.3) is 0 Å². The zero-order valence-corrected chi connectivity index (χ0v) is 8.48. The molecule has 1 saturated carbocycles. The van der Waals surface area contributed by atoms with E-state index in [0.717, 1.165) is 12.8 Å². The predicted molar refractivity (Wildman–Crippen MR) is 56.8 cm³/mol. The summed E-state index contributed by atoms with van der Waals surface area (Å²) in [5.41, 5.74) is 7.03. The molecule has 76 valence electrons. The minimum absolute atomic E-state index is 0.399. The van der Waals surface area contributed by atoms with E-state index in [1.807, 2.05) is 12.4 Å². The van der Waals surface area contributed by atoms with Crippen molar-refractivity contribution in [2.75, 3.05) is 0 Å². The van der Waals surface area contributed by atoms with E-state index in [9.17, 15) is 0 Å². The lowest BCUT2D eigenvalue weighted by Crippen LogP contribution is -2.49. The summed E-state index contributed by atoms with van der Waals surface area (Å²) in [7, 11) is 0. The van der Waals surface area contributed by atoms with Gasteiger partial charge >= 0.3 is 0 Å². The standard InChI is InChI=1S/C11H17N3/c1-8(9-2-4-13-5-3-9)14-11-6-10(12)7-11/h2-5,8,10-11,14H,6-7,12H2,1H3/t8-,10?,11?/m1/s1. The molecule has 0 amide bonds. The van der Waals surface area contributed by atoms with Crippen molar-refractivity contribution in [1.82, 2.24) is 10.3 Å². The summed E-state index contributed by atoms with van der Waals surface area (Å²) in [6, 6.07) is 5.52. The van der Waals surface area contributed by atoms with Gasteiger partial charge in [-0.25, -0.2) is 0 Å². The molecule has 0 radical (unpaired) electrons. The van der Waals surface area contributed by atoms with Gasteiger partial charge in [0, 0.05) is 30.5 Å². The maximum absolute atomic E-state index is 5.73. The zero-order chi connectivity index (χ0) is 9.97. The van der Waals surface area contributed by atoms with E-state index < -0.39 is 0 Å². The molecule has 2 rings (SSSR count). The Kier molecular flexibility index (Phi) is 2.79. The fourth-order valence-electron chi connectivity index (χ4n) is 1.90. The summed E-state index contributed by atoms with van der Waals surface area (Å²) in [5.74, 6) is 0. The van der Waals surface area contributed by atoms with Crippen molar-refractivity contribution in [3.8, 4) is 0 Å². The largest absolute Gasteiger partial charge is 0.328 e. The molecule has 1 heterocycles. The summed E-state index contributed by atoms with van der Waals surface area (Å²) in [4.78, 5) is 4.01. The predicted octanol–water partition coefficient (Wildman–Crippen LogP) is 1.22. The van der Waals surface area contributed by atoms with Crippen LogP contribution >= 0.6 is 0 Å². The SMILES string of the molecule is C[C@@H](NC1CC(N)C1)c1ccncc1. The molecule has 1 aromatic rings. The van der Waals surface area contributed by atoms with Gasteiger partial charge in [-0.2, -0.15) is 0 Å². The van der Waals surface area contributed by atoms with Gasteiger partial charge in [0.1, 0.15) is 0 Å². The summed E-state index contributed by atoms with van der Waals surface area (Å²) in [6.45, 7) is 2.18. The van der Waals surface area contributed by atoms with E-state index in [0.29, 0.717) is 18.1 Å². The lowest BCUT2D eigenvalue weighted by atomic mass is 9.87. The Bertz CT molecular complexity index is 280. The Balaban J connectivity index is 1.87. The van der Waals surface area contributed by atoms with Crippen molar-refractivity contribution in [3.05, 3.63) is 30.1 Å². The third-order valence-electron chi connectivity index (χ3n) is 2.87. The summed E-state index contributed by atoms with van der Waals surface area (Å²) in [6.07, 6.45) is 5.88. The fraction of sp³-hybridized carbons (Fsp3) is 0.545. The van der Waals surface area contributed by atoms with Gasteiger partial charge in [-0.05, 0) is 37.5 Å². The highest BCUT2D eigenvalue weighted by molar-refractivity contribution is 5.14. The van der Waals surface area contributed by atoms with Gasteiger partial charge in [0.05, 0.1) is 0 Å². The zero-order valence-electron chi connectivity index (χ0n) is 8.48. The van der Waals surface area contributed by atoms with Crippen molar-refractivity contribution < 1.29 is 0 Å². The Hall–Kier alpha value is -0.930. The third kappa shape index (κ3) is 2.11. The molecule has 1 aliphatic carbocycles. The maximum atomic E-state index is 5.73. The molecule has 1 fully saturated rings. The van der Waals surface area contributed by atoms with Crippen LogP contribution in [0.4, 0.5) is 0 Å². The number of pyridine rings is 1. The van der Waals surface area contributed by atoms with Crippen molar-refractivity contribution >= 4 is 0 Å². The van der Waals surface area contributed by atoms with Crippen LogP contribution < -0.4 is 11.1 Å². The molecule has 3 N–H and O–H groups in total. The molecule has 0 aliphatic heterocycles. The molecular weight excluding hydrogens is 174 g/mol.